The summed E-state index contributed by atoms with van der Waals surface area (Å²) in [6.07, 6.45) is 0.904. The van der Waals surface area contributed by atoms with Gasteiger partial charge in [-0.3, -0.25) is 4.79 Å². The second kappa shape index (κ2) is 5.66. The van der Waals surface area contributed by atoms with E-state index in [-0.39, 0.29) is 11.8 Å². The van der Waals surface area contributed by atoms with Crippen LogP contribution in [-0.4, -0.2) is 18.4 Å². The van der Waals surface area contributed by atoms with E-state index in [1.165, 1.54) is 0 Å². The van der Waals surface area contributed by atoms with Crippen molar-refractivity contribution in [2.75, 3.05) is 6.54 Å². The lowest BCUT2D eigenvalue weighted by Gasteiger charge is -2.13. The van der Waals surface area contributed by atoms with Crippen LogP contribution >= 0.6 is 0 Å². The molecule has 0 saturated heterocycles. The number of Topliss-reactive ketones (excluding diaryl/α,β-unsaturated/α-hetero) is 1. The lowest BCUT2D eigenvalue weighted by atomic mass is 9.98. The third kappa shape index (κ3) is 2.90. The van der Waals surface area contributed by atoms with Crippen LogP contribution in [0.1, 0.15) is 36.7 Å². The van der Waals surface area contributed by atoms with Crippen molar-refractivity contribution < 1.29 is 4.79 Å². The van der Waals surface area contributed by atoms with Gasteiger partial charge in [0.2, 0.25) is 0 Å². The number of nitrogens with one attached hydrogen (secondary N) is 1. The van der Waals surface area contributed by atoms with E-state index < -0.39 is 0 Å². The van der Waals surface area contributed by atoms with Crippen molar-refractivity contribution in [1.82, 2.24) is 5.32 Å². The Hall–Kier alpha value is -1.15. The molecule has 0 amide bonds. The molecule has 0 heterocycles. The minimum absolute atomic E-state index is 0.0947. The first-order valence-electron chi connectivity index (χ1n) is 5.56. The van der Waals surface area contributed by atoms with Crippen molar-refractivity contribution in [3.63, 3.8) is 0 Å². The molecule has 1 aromatic rings. The Morgan fingerprint density at radius 2 is 2.00 bits per heavy atom. The standard InChI is InChI=1S/C13H19NO/c1-4-11-8-6-7-9-12(11)13(15)10(3)14-5-2/h6-10,14H,4-5H2,1-3H3. The third-order valence-electron chi connectivity index (χ3n) is 2.57. The maximum atomic E-state index is 12.1. The molecule has 0 radical (unpaired) electrons. The van der Waals surface area contributed by atoms with Gasteiger partial charge in [-0.2, -0.15) is 0 Å². The summed E-state index contributed by atoms with van der Waals surface area (Å²) in [6.45, 7) is 6.82. The number of aryl methyl sites for hydroxylation is 1. The second-order valence-electron chi connectivity index (χ2n) is 3.65. The van der Waals surface area contributed by atoms with Gasteiger partial charge in [0, 0.05) is 5.56 Å². The molecule has 2 nitrogen and oxygen atoms in total. The van der Waals surface area contributed by atoms with E-state index in [1.54, 1.807) is 0 Å². The molecule has 1 rings (SSSR count). The zero-order valence-corrected chi connectivity index (χ0v) is 9.71. The highest BCUT2D eigenvalue weighted by Gasteiger charge is 2.15. The van der Waals surface area contributed by atoms with Gasteiger partial charge in [-0.1, -0.05) is 38.1 Å². The van der Waals surface area contributed by atoms with Crippen molar-refractivity contribution in [1.29, 1.82) is 0 Å². The molecular formula is C13H19NO. The normalized spacial score (nSPS) is 12.5. The fraction of sp³-hybridized carbons (Fsp3) is 0.462. The van der Waals surface area contributed by atoms with Crippen LogP contribution in [0.4, 0.5) is 0 Å². The summed E-state index contributed by atoms with van der Waals surface area (Å²) in [7, 11) is 0. The average molecular weight is 205 g/mol. The number of hydrogen-bond donors (Lipinski definition) is 1. The second-order valence-corrected chi connectivity index (χ2v) is 3.65. The highest BCUT2D eigenvalue weighted by Crippen LogP contribution is 2.11. The Bertz CT molecular complexity index is 333. The van der Waals surface area contributed by atoms with Crippen LogP contribution in [0.2, 0.25) is 0 Å². The van der Waals surface area contributed by atoms with Crippen molar-refractivity contribution in [3.05, 3.63) is 35.4 Å². The molecule has 82 valence electrons. The smallest absolute Gasteiger partial charge is 0.179 e. The summed E-state index contributed by atoms with van der Waals surface area (Å²) in [5.41, 5.74) is 1.99. The highest BCUT2D eigenvalue weighted by atomic mass is 16.1. The molecule has 1 N–H and O–H groups in total. The molecule has 0 fully saturated rings. The van der Waals surface area contributed by atoms with Gasteiger partial charge in [0.25, 0.3) is 0 Å². The van der Waals surface area contributed by atoms with Crippen LogP contribution in [0, 0.1) is 0 Å². The summed E-state index contributed by atoms with van der Waals surface area (Å²) < 4.78 is 0. The first kappa shape index (κ1) is 11.9. The van der Waals surface area contributed by atoms with Crippen LogP contribution in [0.25, 0.3) is 0 Å². The van der Waals surface area contributed by atoms with Crippen molar-refractivity contribution in [2.24, 2.45) is 0 Å². The van der Waals surface area contributed by atoms with E-state index in [0.717, 1.165) is 24.1 Å². The van der Waals surface area contributed by atoms with Gasteiger partial charge in [0.15, 0.2) is 5.78 Å². The SMILES string of the molecule is CCNC(C)C(=O)c1ccccc1CC. The van der Waals surface area contributed by atoms with Crippen LogP contribution in [0.3, 0.4) is 0 Å². The van der Waals surface area contributed by atoms with Crippen molar-refractivity contribution in [3.8, 4) is 0 Å². The quantitative estimate of drug-likeness (QED) is 0.748. The molecule has 1 atom stereocenters. The molecular weight excluding hydrogens is 186 g/mol. The highest BCUT2D eigenvalue weighted by molar-refractivity contribution is 6.01. The number of carbonyl (C=O) groups is 1. The minimum Gasteiger partial charge on any atom is -0.308 e. The topological polar surface area (TPSA) is 29.1 Å². The van der Waals surface area contributed by atoms with Gasteiger partial charge < -0.3 is 5.32 Å². The third-order valence-corrected chi connectivity index (χ3v) is 2.57. The van der Waals surface area contributed by atoms with Gasteiger partial charge in [0.05, 0.1) is 6.04 Å². The zero-order valence-electron chi connectivity index (χ0n) is 9.71. The van der Waals surface area contributed by atoms with Crippen LogP contribution in [0.15, 0.2) is 24.3 Å². The number of likely N-dealkylation sites (N-methyl/N-ethyl adjacent to an activating group) is 1. The van der Waals surface area contributed by atoms with Gasteiger partial charge in [0.1, 0.15) is 0 Å². The molecule has 0 aromatic heterocycles. The van der Waals surface area contributed by atoms with Crippen LogP contribution in [-0.2, 0) is 6.42 Å². The van der Waals surface area contributed by atoms with E-state index >= 15 is 0 Å². The van der Waals surface area contributed by atoms with Crippen molar-refractivity contribution >= 4 is 5.78 Å². The van der Waals surface area contributed by atoms with E-state index in [9.17, 15) is 4.79 Å². The monoisotopic (exact) mass is 205 g/mol. The number of benzene rings is 1. The Morgan fingerprint density at radius 3 is 2.60 bits per heavy atom. The van der Waals surface area contributed by atoms with Gasteiger partial charge >= 0.3 is 0 Å². The van der Waals surface area contributed by atoms with Crippen LogP contribution < -0.4 is 5.32 Å². The molecule has 0 aliphatic heterocycles. The Morgan fingerprint density at radius 1 is 1.33 bits per heavy atom. The van der Waals surface area contributed by atoms with E-state index in [0.29, 0.717) is 0 Å². The number of rotatable bonds is 5. The molecule has 0 bridgehead atoms. The lowest BCUT2D eigenvalue weighted by Crippen LogP contribution is -2.34. The number of ketones is 1. The fourth-order valence-electron chi connectivity index (χ4n) is 1.70. The molecule has 0 saturated carbocycles. The summed E-state index contributed by atoms with van der Waals surface area (Å²) in [4.78, 5) is 12.1. The number of hydrogen-bond acceptors (Lipinski definition) is 2. The summed E-state index contributed by atoms with van der Waals surface area (Å²) in [6, 6.07) is 7.74. The zero-order chi connectivity index (χ0) is 11.3. The predicted molar refractivity (Wildman–Crippen MR) is 63.3 cm³/mol. The summed E-state index contributed by atoms with van der Waals surface area (Å²) in [5, 5.41) is 3.15. The van der Waals surface area contributed by atoms with Crippen molar-refractivity contribution in [2.45, 2.75) is 33.2 Å². The molecule has 0 spiro atoms. The average Bonchev–Trinajstić information content (AvgIpc) is 2.28. The Labute approximate surface area is 91.7 Å². The lowest BCUT2D eigenvalue weighted by molar-refractivity contribution is 0.0951. The Kier molecular flexibility index (Phi) is 4.50. The maximum absolute atomic E-state index is 12.1. The van der Waals surface area contributed by atoms with E-state index in [1.807, 2.05) is 38.1 Å². The molecule has 1 unspecified atom stereocenters. The molecule has 15 heavy (non-hydrogen) atoms. The maximum Gasteiger partial charge on any atom is 0.179 e. The predicted octanol–water partition coefficient (Wildman–Crippen LogP) is 2.43. The summed E-state index contributed by atoms with van der Waals surface area (Å²) >= 11 is 0. The minimum atomic E-state index is -0.0947. The molecule has 1 aromatic carbocycles. The van der Waals surface area contributed by atoms with Gasteiger partial charge in [-0.05, 0) is 25.5 Å². The molecule has 0 aliphatic rings. The first-order chi connectivity index (χ1) is 7.20. The first-order valence-corrected chi connectivity index (χ1v) is 5.56. The fourth-order valence-corrected chi connectivity index (χ4v) is 1.70. The Balaban J connectivity index is 2.90. The largest absolute Gasteiger partial charge is 0.308 e. The molecule has 0 aliphatic carbocycles. The van der Waals surface area contributed by atoms with Gasteiger partial charge in [-0.15, -0.1) is 0 Å². The van der Waals surface area contributed by atoms with Gasteiger partial charge in [-0.25, -0.2) is 0 Å². The van der Waals surface area contributed by atoms with E-state index in [4.69, 9.17) is 0 Å². The van der Waals surface area contributed by atoms with E-state index in [2.05, 4.69) is 12.2 Å². The number of carbonyl (C=O) groups excluding carboxylic acids is 1. The molecule has 2 heteroatoms. The van der Waals surface area contributed by atoms with Crippen LogP contribution in [0.5, 0.6) is 0 Å². The summed E-state index contributed by atoms with van der Waals surface area (Å²) in [5.74, 6) is 0.189.